The summed E-state index contributed by atoms with van der Waals surface area (Å²) in [6.45, 7) is 0. The summed E-state index contributed by atoms with van der Waals surface area (Å²) >= 11 is 9.26. The van der Waals surface area contributed by atoms with Crippen LogP contribution in [0.3, 0.4) is 0 Å². The zero-order chi connectivity index (χ0) is 15.0. The van der Waals surface area contributed by atoms with E-state index < -0.39 is 11.9 Å². The lowest BCUT2D eigenvalue weighted by molar-refractivity contribution is 0.216. The Labute approximate surface area is 134 Å². The van der Waals surface area contributed by atoms with Crippen LogP contribution in [0.15, 0.2) is 53.1 Å². The fraction of sp³-hybridized carbons (Fsp3) is 0.0625. The first-order valence-electron chi connectivity index (χ1n) is 6.24. The minimum absolute atomic E-state index is 0.193. The van der Waals surface area contributed by atoms with E-state index in [1.807, 2.05) is 6.07 Å². The standard InChI is InChI=1S/C16H10BrClFNO/c17-12-5-1-3-10(14(12)19)16(21)11-6-7-13(18)9-4-2-8-20-15(9)11/h1-8,16,21H. The van der Waals surface area contributed by atoms with Crippen molar-refractivity contribution in [3.8, 4) is 0 Å². The van der Waals surface area contributed by atoms with Crippen molar-refractivity contribution in [1.29, 1.82) is 0 Å². The van der Waals surface area contributed by atoms with Gasteiger partial charge in [-0.1, -0.05) is 29.8 Å². The van der Waals surface area contributed by atoms with Crippen molar-refractivity contribution in [2.24, 2.45) is 0 Å². The Morgan fingerprint density at radius 1 is 1.10 bits per heavy atom. The maximum absolute atomic E-state index is 14.2. The smallest absolute Gasteiger partial charge is 0.143 e. The Hall–Kier alpha value is -1.49. The Balaban J connectivity index is 2.21. The molecule has 0 spiro atoms. The molecule has 1 heterocycles. The van der Waals surface area contributed by atoms with Gasteiger partial charge < -0.3 is 5.11 Å². The zero-order valence-electron chi connectivity index (χ0n) is 10.7. The molecule has 0 amide bonds. The Bertz CT molecular complexity index is 824. The summed E-state index contributed by atoms with van der Waals surface area (Å²) in [6.07, 6.45) is 0.503. The first-order chi connectivity index (χ1) is 10.1. The second-order valence-electron chi connectivity index (χ2n) is 4.58. The van der Waals surface area contributed by atoms with Crippen molar-refractivity contribution in [1.82, 2.24) is 4.98 Å². The molecular formula is C16H10BrClFNO. The molecule has 0 aliphatic carbocycles. The molecule has 0 aliphatic rings. The maximum atomic E-state index is 14.2. The van der Waals surface area contributed by atoms with Gasteiger partial charge >= 0.3 is 0 Å². The van der Waals surface area contributed by atoms with Crippen LogP contribution < -0.4 is 0 Å². The molecule has 1 unspecified atom stereocenters. The molecule has 2 aromatic carbocycles. The first kappa shape index (κ1) is 14.4. The molecule has 3 aromatic rings. The normalized spacial score (nSPS) is 12.6. The van der Waals surface area contributed by atoms with Crippen molar-refractivity contribution in [3.05, 3.63) is 75.1 Å². The number of hydrogen-bond acceptors (Lipinski definition) is 2. The second-order valence-corrected chi connectivity index (χ2v) is 5.84. The van der Waals surface area contributed by atoms with E-state index in [0.29, 0.717) is 20.6 Å². The van der Waals surface area contributed by atoms with E-state index in [4.69, 9.17) is 11.6 Å². The molecule has 1 atom stereocenters. The van der Waals surface area contributed by atoms with Gasteiger partial charge in [0.05, 0.1) is 9.99 Å². The van der Waals surface area contributed by atoms with Gasteiger partial charge in [-0.25, -0.2) is 4.39 Å². The maximum Gasteiger partial charge on any atom is 0.143 e. The minimum Gasteiger partial charge on any atom is -0.383 e. The first-order valence-corrected chi connectivity index (χ1v) is 7.42. The summed E-state index contributed by atoms with van der Waals surface area (Å²) < 4.78 is 14.5. The second kappa shape index (κ2) is 5.72. The van der Waals surface area contributed by atoms with Crippen LogP contribution in [-0.2, 0) is 0 Å². The number of fused-ring (bicyclic) bond motifs is 1. The van der Waals surface area contributed by atoms with Gasteiger partial charge in [-0.3, -0.25) is 4.98 Å². The molecular weight excluding hydrogens is 357 g/mol. The van der Waals surface area contributed by atoms with Gasteiger partial charge in [0.2, 0.25) is 0 Å². The predicted octanol–water partition coefficient (Wildman–Crippen LogP) is 4.87. The number of aliphatic hydroxyl groups is 1. The van der Waals surface area contributed by atoms with Gasteiger partial charge in [-0.05, 0) is 40.2 Å². The van der Waals surface area contributed by atoms with Gasteiger partial charge in [0.1, 0.15) is 11.9 Å². The molecule has 0 saturated heterocycles. The summed E-state index contributed by atoms with van der Waals surface area (Å²) in [7, 11) is 0. The van der Waals surface area contributed by atoms with Gasteiger partial charge in [0.15, 0.2) is 0 Å². The quantitative estimate of drug-likeness (QED) is 0.702. The van der Waals surface area contributed by atoms with E-state index in [2.05, 4.69) is 20.9 Å². The average molecular weight is 367 g/mol. The van der Waals surface area contributed by atoms with E-state index in [-0.39, 0.29) is 5.56 Å². The van der Waals surface area contributed by atoms with Crippen LogP contribution >= 0.6 is 27.5 Å². The number of hydrogen-bond donors (Lipinski definition) is 1. The van der Waals surface area contributed by atoms with Gasteiger partial charge in [0, 0.05) is 27.7 Å². The number of aromatic nitrogens is 1. The number of halogens is 3. The number of benzene rings is 2. The monoisotopic (exact) mass is 365 g/mol. The summed E-state index contributed by atoms with van der Waals surface area (Å²) in [5, 5.41) is 11.8. The van der Waals surface area contributed by atoms with Crippen LogP contribution in [0.4, 0.5) is 4.39 Å². The SMILES string of the molecule is OC(c1cccc(Br)c1F)c1ccc(Cl)c2cccnc12. The van der Waals surface area contributed by atoms with Crippen LogP contribution in [0.1, 0.15) is 17.2 Å². The number of nitrogens with zero attached hydrogens (tertiary/aromatic N) is 1. The van der Waals surface area contributed by atoms with E-state index in [1.54, 1.807) is 42.6 Å². The van der Waals surface area contributed by atoms with Crippen LogP contribution in [0.2, 0.25) is 5.02 Å². The van der Waals surface area contributed by atoms with E-state index >= 15 is 0 Å². The molecule has 21 heavy (non-hydrogen) atoms. The molecule has 3 rings (SSSR count). The van der Waals surface area contributed by atoms with Gasteiger partial charge in [-0.2, -0.15) is 0 Å². The van der Waals surface area contributed by atoms with Crippen molar-refractivity contribution in [3.63, 3.8) is 0 Å². The van der Waals surface area contributed by atoms with Gasteiger partial charge in [-0.15, -0.1) is 0 Å². The molecule has 2 nitrogen and oxygen atoms in total. The lowest BCUT2D eigenvalue weighted by Crippen LogP contribution is -2.04. The molecule has 0 bridgehead atoms. The lowest BCUT2D eigenvalue weighted by atomic mass is 9.98. The third kappa shape index (κ3) is 2.55. The highest BCUT2D eigenvalue weighted by Crippen LogP contribution is 2.33. The fourth-order valence-corrected chi connectivity index (χ4v) is 2.88. The molecule has 1 aromatic heterocycles. The lowest BCUT2D eigenvalue weighted by Gasteiger charge is -2.15. The van der Waals surface area contributed by atoms with Crippen LogP contribution in [0, 0.1) is 5.82 Å². The summed E-state index contributed by atoms with van der Waals surface area (Å²) in [4.78, 5) is 4.26. The average Bonchev–Trinajstić information content (AvgIpc) is 2.50. The van der Waals surface area contributed by atoms with Crippen LogP contribution in [0.25, 0.3) is 10.9 Å². The van der Waals surface area contributed by atoms with Crippen LogP contribution in [-0.4, -0.2) is 10.1 Å². The van der Waals surface area contributed by atoms with Crippen molar-refractivity contribution in [2.45, 2.75) is 6.10 Å². The largest absolute Gasteiger partial charge is 0.383 e. The van der Waals surface area contributed by atoms with Gasteiger partial charge in [0.25, 0.3) is 0 Å². The molecule has 1 N–H and O–H groups in total. The number of pyridine rings is 1. The highest BCUT2D eigenvalue weighted by molar-refractivity contribution is 9.10. The molecule has 5 heteroatoms. The fourth-order valence-electron chi connectivity index (χ4n) is 2.28. The molecule has 0 aliphatic heterocycles. The Kier molecular flexibility index (Phi) is 3.93. The molecule has 0 radical (unpaired) electrons. The highest BCUT2D eigenvalue weighted by atomic mass is 79.9. The number of aliphatic hydroxyl groups excluding tert-OH is 1. The van der Waals surface area contributed by atoms with Crippen molar-refractivity contribution in [2.75, 3.05) is 0 Å². The third-order valence-corrected chi connectivity index (χ3v) is 4.26. The zero-order valence-corrected chi connectivity index (χ0v) is 13.1. The summed E-state index contributed by atoms with van der Waals surface area (Å²) in [5.74, 6) is -0.482. The predicted molar refractivity (Wildman–Crippen MR) is 84.9 cm³/mol. The Morgan fingerprint density at radius 2 is 1.90 bits per heavy atom. The van der Waals surface area contributed by atoms with E-state index in [1.165, 1.54) is 0 Å². The topological polar surface area (TPSA) is 33.1 Å². The molecule has 0 saturated carbocycles. The van der Waals surface area contributed by atoms with Crippen molar-refractivity contribution < 1.29 is 9.50 Å². The molecule has 106 valence electrons. The van der Waals surface area contributed by atoms with Crippen LogP contribution in [0.5, 0.6) is 0 Å². The summed E-state index contributed by atoms with van der Waals surface area (Å²) in [5.41, 5.74) is 1.28. The van der Waals surface area contributed by atoms with E-state index in [0.717, 1.165) is 5.39 Å². The minimum atomic E-state index is -1.11. The van der Waals surface area contributed by atoms with Crippen molar-refractivity contribution >= 4 is 38.4 Å². The third-order valence-electron chi connectivity index (χ3n) is 3.32. The van der Waals surface area contributed by atoms with E-state index in [9.17, 15) is 9.50 Å². The molecule has 0 fully saturated rings. The summed E-state index contributed by atoms with van der Waals surface area (Å²) in [6, 6.07) is 11.8. The Morgan fingerprint density at radius 3 is 2.71 bits per heavy atom. The highest BCUT2D eigenvalue weighted by Gasteiger charge is 2.20. The number of rotatable bonds is 2.